The molecule has 1 aromatic carbocycles. The van der Waals surface area contributed by atoms with Crippen LogP contribution in [0.3, 0.4) is 0 Å². The lowest BCUT2D eigenvalue weighted by Gasteiger charge is -2.05. The van der Waals surface area contributed by atoms with Crippen LogP contribution in [0.1, 0.15) is 29.3 Å². The number of aryl methyl sites for hydroxylation is 1. The number of hydrogen-bond donors (Lipinski definition) is 2. The fraction of sp³-hybridized carbons (Fsp3) is 0.300. The van der Waals surface area contributed by atoms with Crippen LogP contribution in [0.2, 0.25) is 0 Å². The molecule has 0 bridgehead atoms. The highest BCUT2D eigenvalue weighted by Gasteiger charge is 2.12. The van der Waals surface area contributed by atoms with E-state index < -0.39 is 7.12 Å². The molecule has 74 valence electrons. The van der Waals surface area contributed by atoms with Gasteiger partial charge >= 0.3 is 7.12 Å². The lowest BCUT2D eigenvalue weighted by atomic mass is 9.78. The highest BCUT2D eigenvalue weighted by Crippen LogP contribution is 2.07. The first-order chi connectivity index (χ1) is 6.69. The van der Waals surface area contributed by atoms with Crippen molar-refractivity contribution >= 4 is 18.9 Å². The van der Waals surface area contributed by atoms with E-state index in [0.717, 1.165) is 24.7 Å². The Hall–Kier alpha value is -1.13. The third-order valence-electron chi connectivity index (χ3n) is 2.11. The molecule has 0 saturated carbocycles. The van der Waals surface area contributed by atoms with Gasteiger partial charge in [0.15, 0.2) is 0 Å². The van der Waals surface area contributed by atoms with Crippen molar-refractivity contribution in [3.63, 3.8) is 0 Å². The number of hydrogen-bond acceptors (Lipinski definition) is 3. The van der Waals surface area contributed by atoms with Crippen molar-refractivity contribution in [2.45, 2.75) is 19.8 Å². The van der Waals surface area contributed by atoms with E-state index >= 15 is 0 Å². The summed E-state index contributed by atoms with van der Waals surface area (Å²) in [5.74, 6) is 0. The number of carbonyl (C=O) groups excluding carboxylic acids is 1. The van der Waals surface area contributed by atoms with E-state index in [2.05, 4.69) is 0 Å². The second kappa shape index (κ2) is 4.93. The molecule has 2 N–H and O–H groups in total. The van der Waals surface area contributed by atoms with Gasteiger partial charge in [-0.15, -0.1) is 0 Å². The molecule has 0 radical (unpaired) electrons. The summed E-state index contributed by atoms with van der Waals surface area (Å²) in [4.78, 5) is 10.7. The summed E-state index contributed by atoms with van der Waals surface area (Å²) in [7, 11) is -1.51. The lowest BCUT2D eigenvalue weighted by molar-refractivity contribution is 0.112. The minimum Gasteiger partial charge on any atom is -0.423 e. The summed E-state index contributed by atoms with van der Waals surface area (Å²) in [5.41, 5.74) is 1.84. The van der Waals surface area contributed by atoms with Crippen molar-refractivity contribution in [2.24, 2.45) is 0 Å². The van der Waals surface area contributed by atoms with Gasteiger partial charge in [-0.05, 0) is 17.4 Å². The quantitative estimate of drug-likeness (QED) is 0.526. The van der Waals surface area contributed by atoms with Crippen LogP contribution in [0.15, 0.2) is 18.2 Å². The Labute approximate surface area is 83.5 Å². The summed E-state index contributed by atoms with van der Waals surface area (Å²) >= 11 is 0. The Morgan fingerprint density at radius 1 is 1.43 bits per heavy atom. The Kier molecular flexibility index (Phi) is 3.86. The fourth-order valence-electron chi connectivity index (χ4n) is 1.38. The molecule has 0 unspecified atom stereocenters. The molecule has 4 heteroatoms. The molecular weight excluding hydrogens is 179 g/mol. The first-order valence-electron chi connectivity index (χ1n) is 4.63. The van der Waals surface area contributed by atoms with E-state index in [0.29, 0.717) is 11.0 Å². The topological polar surface area (TPSA) is 57.5 Å². The molecule has 1 rings (SSSR count). The van der Waals surface area contributed by atoms with Crippen LogP contribution in [-0.4, -0.2) is 23.5 Å². The first kappa shape index (κ1) is 11.0. The van der Waals surface area contributed by atoms with Crippen LogP contribution >= 0.6 is 0 Å². The lowest BCUT2D eigenvalue weighted by Crippen LogP contribution is -2.30. The van der Waals surface area contributed by atoms with Gasteiger partial charge in [0, 0.05) is 5.56 Å². The van der Waals surface area contributed by atoms with Crippen molar-refractivity contribution in [2.75, 3.05) is 0 Å². The Balaban J connectivity index is 3.04. The van der Waals surface area contributed by atoms with Crippen LogP contribution in [0, 0.1) is 0 Å². The van der Waals surface area contributed by atoms with Crippen LogP contribution in [0.25, 0.3) is 0 Å². The van der Waals surface area contributed by atoms with E-state index in [1.807, 2.05) is 6.92 Å². The van der Waals surface area contributed by atoms with Gasteiger partial charge in [-0.3, -0.25) is 4.79 Å². The number of rotatable bonds is 4. The minimum atomic E-state index is -1.51. The second-order valence-corrected chi connectivity index (χ2v) is 3.20. The van der Waals surface area contributed by atoms with E-state index in [9.17, 15) is 4.79 Å². The maximum Gasteiger partial charge on any atom is 0.488 e. The predicted molar refractivity (Wildman–Crippen MR) is 55.7 cm³/mol. The maximum absolute atomic E-state index is 10.7. The maximum atomic E-state index is 10.7. The monoisotopic (exact) mass is 192 g/mol. The Morgan fingerprint density at radius 3 is 2.64 bits per heavy atom. The van der Waals surface area contributed by atoms with Crippen LogP contribution in [0.5, 0.6) is 0 Å². The normalized spacial score (nSPS) is 9.93. The molecule has 0 fully saturated rings. The van der Waals surface area contributed by atoms with Crippen molar-refractivity contribution in [3.8, 4) is 0 Å². The zero-order valence-electron chi connectivity index (χ0n) is 8.10. The zero-order valence-corrected chi connectivity index (χ0v) is 8.10. The molecule has 3 nitrogen and oxygen atoms in total. The van der Waals surface area contributed by atoms with Gasteiger partial charge in [-0.1, -0.05) is 31.5 Å². The number of benzene rings is 1. The number of carbonyl (C=O) groups is 1. The van der Waals surface area contributed by atoms with Crippen molar-refractivity contribution in [1.82, 2.24) is 0 Å². The first-order valence-corrected chi connectivity index (χ1v) is 4.63. The summed E-state index contributed by atoms with van der Waals surface area (Å²) in [6, 6.07) is 4.91. The van der Waals surface area contributed by atoms with E-state index in [1.165, 1.54) is 6.07 Å². The third kappa shape index (κ3) is 2.43. The van der Waals surface area contributed by atoms with Crippen molar-refractivity contribution in [3.05, 3.63) is 29.3 Å². The average Bonchev–Trinajstić information content (AvgIpc) is 2.18. The van der Waals surface area contributed by atoms with E-state index in [-0.39, 0.29) is 0 Å². The SMILES string of the molecule is CCCc1ccc(B(O)O)cc1C=O. The molecule has 0 saturated heterocycles. The molecule has 0 atom stereocenters. The van der Waals surface area contributed by atoms with Crippen LogP contribution < -0.4 is 5.46 Å². The molecule has 1 aromatic rings. The Bertz CT molecular complexity index is 323. The van der Waals surface area contributed by atoms with E-state index in [4.69, 9.17) is 10.0 Å². The molecule has 0 aromatic heterocycles. The van der Waals surface area contributed by atoms with Crippen LogP contribution in [-0.2, 0) is 6.42 Å². The summed E-state index contributed by atoms with van der Waals surface area (Å²) in [6.45, 7) is 2.03. The standard InChI is InChI=1S/C10H13BO3/c1-2-3-8-4-5-10(11(13)14)6-9(8)7-12/h4-7,13-14H,2-3H2,1H3. The minimum absolute atomic E-state index is 0.354. The molecule has 14 heavy (non-hydrogen) atoms. The average molecular weight is 192 g/mol. The number of aldehydes is 1. The molecule has 0 heterocycles. The highest BCUT2D eigenvalue weighted by molar-refractivity contribution is 6.58. The summed E-state index contributed by atoms with van der Waals surface area (Å²) < 4.78 is 0. The van der Waals surface area contributed by atoms with Gasteiger partial charge in [0.25, 0.3) is 0 Å². The summed E-state index contributed by atoms with van der Waals surface area (Å²) in [5, 5.41) is 17.8. The third-order valence-corrected chi connectivity index (χ3v) is 2.11. The molecule has 0 aliphatic rings. The van der Waals surface area contributed by atoms with Gasteiger partial charge < -0.3 is 10.0 Å². The van der Waals surface area contributed by atoms with Gasteiger partial charge in [-0.2, -0.15) is 0 Å². The van der Waals surface area contributed by atoms with E-state index in [1.54, 1.807) is 12.1 Å². The molecular formula is C10H13BO3. The highest BCUT2D eigenvalue weighted by atomic mass is 16.4. The molecule has 0 aliphatic carbocycles. The smallest absolute Gasteiger partial charge is 0.423 e. The fourth-order valence-corrected chi connectivity index (χ4v) is 1.38. The van der Waals surface area contributed by atoms with Crippen LogP contribution in [0.4, 0.5) is 0 Å². The molecule has 0 aliphatic heterocycles. The Morgan fingerprint density at radius 2 is 2.14 bits per heavy atom. The predicted octanol–water partition coefficient (Wildman–Crippen LogP) is 0.131. The van der Waals surface area contributed by atoms with Gasteiger partial charge in [0.2, 0.25) is 0 Å². The summed E-state index contributed by atoms with van der Waals surface area (Å²) in [6.07, 6.45) is 2.54. The van der Waals surface area contributed by atoms with Gasteiger partial charge in [0.1, 0.15) is 6.29 Å². The van der Waals surface area contributed by atoms with Crippen molar-refractivity contribution < 1.29 is 14.8 Å². The van der Waals surface area contributed by atoms with Gasteiger partial charge in [0.05, 0.1) is 0 Å². The van der Waals surface area contributed by atoms with Crippen molar-refractivity contribution in [1.29, 1.82) is 0 Å². The molecule has 0 spiro atoms. The molecule has 0 amide bonds. The van der Waals surface area contributed by atoms with Gasteiger partial charge in [-0.25, -0.2) is 0 Å². The largest absolute Gasteiger partial charge is 0.488 e. The zero-order chi connectivity index (χ0) is 10.6. The second-order valence-electron chi connectivity index (χ2n) is 3.20.